The summed E-state index contributed by atoms with van der Waals surface area (Å²) in [5, 5.41) is 0. The molecule has 1 aliphatic rings. The van der Waals surface area contributed by atoms with E-state index in [2.05, 4.69) is 0 Å². The maximum Gasteiger partial charge on any atom is 0.321 e. The molecule has 0 atom stereocenters. The quantitative estimate of drug-likeness (QED) is 0.765. The molecule has 0 amide bonds. The molecule has 1 aromatic carbocycles. The third-order valence-electron chi connectivity index (χ3n) is 3.39. The fraction of sp³-hybridized carbons (Fsp3) is 0.533. The van der Waals surface area contributed by atoms with Crippen molar-refractivity contribution in [2.24, 2.45) is 0 Å². The van der Waals surface area contributed by atoms with Crippen molar-refractivity contribution in [2.45, 2.75) is 26.2 Å². The van der Waals surface area contributed by atoms with E-state index in [1.807, 2.05) is 39.0 Å². The Balaban J connectivity index is 2.29. The van der Waals surface area contributed by atoms with Crippen LogP contribution in [0.5, 0.6) is 5.75 Å². The number of carbonyl (C=O) groups excluding carboxylic acids is 1. The molecule has 104 valence electrons. The molecule has 1 aromatic rings. The highest BCUT2D eigenvalue weighted by Gasteiger charge is 2.49. The first-order valence-electron chi connectivity index (χ1n) is 6.63. The number of hydrogen-bond donors (Lipinski definition) is 0. The predicted octanol–water partition coefficient (Wildman–Crippen LogP) is 2.22. The van der Waals surface area contributed by atoms with Crippen LogP contribution in [-0.2, 0) is 19.7 Å². The zero-order valence-corrected chi connectivity index (χ0v) is 11.7. The van der Waals surface area contributed by atoms with E-state index < -0.39 is 5.41 Å². The molecule has 1 fully saturated rings. The second-order valence-electron chi connectivity index (χ2n) is 4.71. The first-order chi connectivity index (χ1) is 9.14. The van der Waals surface area contributed by atoms with Gasteiger partial charge in [-0.25, -0.2) is 0 Å². The molecule has 0 bridgehead atoms. The molecule has 0 aromatic heterocycles. The Morgan fingerprint density at radius 2 is 2.05 bits per heavy atom. The van der Waals surface area contributed by atoms with Gasteiger partial charge in [0, 0.05) is 0 Å². The molecule has 1 saturated heterocycles. The summed E-state index contributed by atoms with van der Waals surface area (Å²) in [6.45, 7) is 7.54. The zero-order chi connectivity index (χ0) is 13.9. The number of hydrogen-bond acceptors (Lipinski definition) is 4. The van der Waals surface area contributed by atoms with Gasteiger partial charge in [0.15, 0.2) is 0 Å². The predicted molar refractivity (Wildman–Crippen MR) is 71.5 cm³/mol. The third-order valence-corrected chi connectivity index (χ3v) is 3.39. The maximum absolute atomic E-state index is 12.1. The van der Waals surface area contributed by atoms with Gasteiger partial charge in [-0.1, -0.05) is 12.1 Å². The van der Waals surface area contributed by atoms with Crippen molar-refractivity contribution < 1.29 is 19.0 Å². The van der Waals surface area contributed by atoms with Crippen molar-refractivity contribution in [3.63, 3.8) is 0 Å². The largest absolute Gasteiger partial charge is 0.494 e. The second-order valence-corrected chi connectivity index (χ2v) is 4.71. The summed E-state index contributed by atoms with van der Waals surface area (Å²) >= 11 is 0. The number of ether oxygens (including phenoxy) is 3. The fourth-order valence-electron chi connectivity index (χ4n) is 2.24. The van der Waals surface area contributed by atoms with Crippen LogP contribution in [0.15, 0.2) is 18.2 Å². The lowest BCUT2D eigenvalue weighted by Gasteiger charge is -2.39. The topological polar surface area (TPSA) is 44.8 Å². The molecule has 2 rings (SSSR count). The van der Waals surface area contributed by atoms with E-state index in [0.29, 0.717) is 26.4 Å². The van der Waals surface area contributed by atoms with Crippen molar-refractivity contribution in [3.05, 3.63) is 29.3 Å². The summed E-state index contributed by atoms with van der Waals surface area (Å²) in [4.78, 5) is 12.1. The molecule has 1 aliphatic heterocycles. The van der Waals surface area contributed by atoms with Gasteiger partial charge in [-0.2, -0.15) is 0 Å². The highest BCUT2D eigenvalue weighted by atomic mass is 16.6. The third kappa shape index (κ3) is 2.45. The van der Waals surface area contributed by atoms with E-state index in [0.717, 1.165) is 16.9 Å². The van der Waals surface area contributed by atoms with E-state index in [1.165, 1.54) is 0 Å². The van der Waals surface area contributed by atoms with Gasteiger partial charge in [0.05, 0.1) is 26.4 Å². The lowest BCUT2D eigenvalue weighted by Crippen LogP contribution is -2.53. The summed E-state index contributed by atoms with van der Waals surface area (Å²) in [5.74, 6) is 0.648. The van der Waals surface area contributed by atoms with E-state index in [-0.39, 0.29) is 5.97 Å². The molecular weight excluding hydrogens is 244 g/mol. The van der Waals surface area contributed by atoms with Crippen LogP contribution in [0.1, 0.15) is 25.0 Å². The SMILES string of the molecule is CCOC(=O)C1(c2ccc(OCC)c(C)c2)COC1. The molecule has 0 saturated carbocycles. The van der Waals surface area contributed by atoms with Crippen molar-refractivity contribution in [1.29, 1.82) is 0 Å². The average molecular weight is 264 g/mol. The Kier molecular flexibility index (Phi) is 4.10. The molecule has 0 radical (unpaired) electrons. The lowest BCUT2D eigenvalue weighted by molar-refractivity contribution is -0.169. The highest BCUT2D eigenvalue weighted by molar-refractivity contribution is 5.85. The number of esters is 1. The van der Waals surface area contributed by atoms with Gasteiger partial charge in [0.1, 0.15) is 11.2 Å². The van der Waals surface area contributed by atoms with Gasteiger partial charge in [0.25, 0.3) is 0 Å². The fourth-order valence-corrected chi connectivity index (χ4v) is 2.24. The minimum absolute atomic E-state index is 0.204. The van der Waals surface area contributed by atoms with Crippen molar-refractivity contribution >= 4 is 5.97 Å². The van der Waals surface area contributed by atoms with Crippen LogP contribution in [0, 0.1) is 6.92 Å². The highest BCUT2D eigenvalue weighted by Crippen LogP contribution is 2.36. The molecule has 19 heavy (non-hydrogen) atoms. The normalized spacial score (nSPS) is 16.6. The van der Waals surface area contributed by atoms with Gasteiger partial charge in [-0.05, 0) is 38.0 Å². The van der Waals surface area contributed by atoms with Gasteiger partial charge in [0.2, 0.25) is 0 Å². The molecule has 4 heteroatoms. The van der Waals surface area contributed by atoms with E-state index in [1.54, 1.807) is 0 Å². The van der Waals surface area contributed by atoms with Crippen LogP contribution in [0.3, 0.4) is 0 Å². The molecular formula is C15H20O4. The molecule has 0 N–H and O–H groups in total. The number of rotatable bonds is 5. The number of aryl methyl sites for hydroxylation is 1. The first-order valence-corrected chi connectivity index (χ1v) is 6.63. The molecule has 0 aliphatic carbocycles. The van der Waals surface area contributed by atoms with Gasteiger partial charge < -0.3 is 14.2 Å². The number of carbonyl (C=O) groups is 1. The summed E-state index contributed by atoms with van der Waals surface area (Å²) in [7, 11) is 0. The smallest absolute Gasteiger partial charge is 0.321 e. The first kappa shape index (κ1) is 13.9. The average Bonchev–Trinajstić information content (AvgIpc) is 2.31. The maximum atomic E-state index is 12.1. The van der Waals surface area contributed by atoms with E-state index >= 15 is 0 Å². The Morgan fingerprint density at radius 1 is 1.32 bits per heavy atom. The summed E-state index contributed by atoms with van der Waals surface area (Å²) in [5.41, 5.74) is 1.33. The molecule has 0 spiro atoms. The van der Waals surface area contributed by atoms with Crippen LogP contribution < -0.4 is 4.74 Å². The monoisotopic (exact) mass is 264 g/mol. The van der Waals surface area contributed by atoms with Crippen LogP contribution in [0.2, 0.25) is 0 Å². The second kappa shape index (κ2) is 5.61. The van der Waals surface area contributed by atoms with Gasteiger partial charge >= 0.3 is 5.97 Å². The van der Waals surface area contributed by atoms with Crippen molar-refractivity contribution in [2.75, 3.05) is 26.4 Å². The van der Waals surface area contributed by atoms with Crippen molar-refractivity contribution in [1.82, 2.24) is 0 Å². The summed E-state index contributed by atoms with van der Waals surface area (Å²) < 4.78 is 15.9. The van der Waals surface area contributed by atoms with Crippen LogP contribution in [0.4, 0.5) is 0 Å². The molecule has 1 heterocycles. The van der Waals surface area contributed by atoms with Gasteiger partial charge in [-0.15, -0.1) is 0 Å². The van der Waals surface area contributed by atoms with Crippen molar-refractivity contribution in [3.8, 4) is 5.75 Å². The minimum atomic E-state index is -0.633. The van der Waals surface area contributed by atoms with Crippen LogP contribution in [-0.4, -0.2) is 32.4 Å². The Morgan fingerprint density at radius 3 is 2.53 bits per heavy atom. The van der Waals surface area contributed by atoms with Crippen LogP contribution >= 0.6 is 0 Å². The molecule has 4 nitrogen and oxygen atoms in total. The van der Waals surface area contributed by atoms with Crippen LogP contribution in [0.25, 0.3) is 0 Å². The minimum Gasteiger partial charge on any atom is -0.494 e. The summed E-state index contributed by atoms with van der Waals surface area (Å²) in [6, 6.07) is 5.83. The standard InChI is InChI=1S/C15H20O4/c1-4-18-13-7-6-12(8-11(13)3)15(9-17-10-15)14(16)19-5-2/h6-8H,4-5,9-10H2,1-3H3. The summed E-state index contributed by atoms with van der Waals surface area (Å²) in [6.07, 6.45) is 0. The molecule has 0 unspecified atom stereocenters. The zero-order valence-electron chi connectivity index (χ0n) is 11.7. The Labute approximate surface area is 113 Å². The number of benzene rings is 1. The Hall–Kier alpha value is -1.55. The van der Waals surface area contributed by atoms with Gasteiger partial charge in [-0.3, -0.25) is 4.79 Å². The Bertz CT molecular complexity index is 463. The van der Waals surface area contributed by atoms with E-state index in [9.17, 15) is 4.79 Å². The lowest BCUT2D eigenvalue weighted by atomic mass is 9.78. The van der Waals surface area contributed by atoms with E-state index in [4.69, 9.17) is 14.2 Å².